The summed E-state index contributed by atoms with van der Waals surface area (Å²) in [5.74, 6) is 0.940. The molecule has 0 aromatic heterocycles. The van der Waals surface area contributed by atoms with E-state index in [1.807, 2.05) is 27.7 Å². The van der Waals surface area contributed by atoms with Crippen molar-refractivity contribution in [2.45, 2.75) is 71.8 Å². The molecule has 6 nitrogen and oxygen atoms in total. The van der Waals surface area contributed by atoms with Gasteiger partial charge in [0.05, 0.1) is 18.2 Å². The molecule has 23 heavy (non-hydrogen) atoms. The summed E-state index contributed by atoms with van der Waals surface area (Å²) < 4.78 is 11.1. The van der Waals surface area contributed by atoms with E-state index in [9.17, 15) is 4.79 Å². The monoisotopic (exact) mass is 329 g/mol. The molecule has 4 N–H and O–H groups in total. The van der Waals surface area contributed by atoms with Crippen LogP contribution in [0.3, 0.4) is 0 Å². The summed E-state index contributed by atoms with van der Waals surface area (Å²) in [4.78, 5) is 12.0. The van der Waals surface area contributed by atoms with Gasteiger partial charge in [0.15, 0.2) is 0 Å². The van der Waals surface area contributed by atoms with Crippen molar-refractivity contribution < 1.29 is 14.3 Å². The van der Waals surface area contributed by atoms with Crippen LogP contribution in [0, 0.1) is 11.8 Å². The zero-order chi connectivity index (χ0) is 17.6. The van der Waals surface area contributed by atoms with E-state index >= 15 is 0 Å². The number of carbonyl (C=O) groups excluding carboxylic acids is 1. The van der Waals surface area contributed by atoms with Crippen LogP contribution in [0.2, 0.25) is 0 Å². The Bertz CT molecular complexity index is 369. The highest BCUT2D eigenvalue weighted by atomic mass is 16.6. The molecule has 4 unspecified atom stereocenters. The lowest BCUT2D eigenvalue weighted by molar-refractivity contribution is -0.0445. The molecule has 1 rings (SSSR count). The average molecular weight is 329 g/mol. The van der Waals surface area contributed by atoms with Crippen LogP contribution in [-0.4, -0.2) is 49.6 Å². The van der Waals surface area contributed by atoms with Gasteiger partial charge >= 0.3 is 6.09 Å². The lowest BCUT2D eigenvalue weighted by Gasteiger charge is -2.45. The summed E-state index contributed by atoms with van der Waals surface area (Å²) in [6, 6.07) is 0.141. The zero-order valence-electron chi connectivity index (χ0n) is 15.5. The van der Waals surface area contributed by atoms with Crippen LogP contribution in [0.15, 0.2) is 0 Å². The van der Waals surface area contributed by atoms with Crippen LogP contribution in [0.25, 0.3) is 0 Å². The fourth-order valence-corrected chi connectivity index (χ4v) is 2.75. The predicted octanol–water partition coefficient (Wildman–Crippen LogP) is 1.88. The van der Waals surface area contributed by atoms with Gasteiger partial charge in [-0.2, -0.15) is 0 Å². The smallest absolute Gasteiger partial charge is 0.407 e. The Hall–Kier alpha value is -0.850. The molecule has 136 valence electrons. The quantitative estimate of drug-likeness (QED) is 0.633. The Morgan fingerprint density at radius 3 is 2.48 bits per heavy atom. The van der Waals surface area contributed by atoms with E-state index < -0.39 is 5.60 Å². The minimum Gasteiger partial charge on any atom is -0.444 e. The molecule has 0 saturated heterocycles. The third-order valence-corrected chi connectivity index (χ3v) is 4.26. The second kappa shape index (κ2) is 8.85. The van der Waals surface area contributed by atoms with Gasteiger partial charge in [-0.15, -0.1) is 0 Å². The molecule has 1 saturated carbocycles. The molecule has 0 spiro atoms. The van der Waals surface area contributed by atoms with Gasteiger partial charge in [0.25, 0.3) is 0 Å². The summed E-state index contributed by atoms with van der Waals surface area (Å²) in [5.41, 5.74) is 5.35. The minimum absolute atomic E-state index is 0.0342. The largest absolute Gasteiger partial charge is 0.444 e. The van der Waals surface area contributed by atoms with E-state index in [2.05, 4.69) is 24.5 Å². The fraction of sp³-hybridized carbons (Fsp3) is 0.941. The SMILES string of the molecule is CCOC1CC(NC(=O)OC(C)(C)C)C1NCC(CN)C(C)C. The van der Waals surface area contributed by atoms with Crippen LogP contribution in [0.4, 0.5) is 4.79 Å². The second-order valence-corrected chi connectivity index (χ2v) is 7.66. The maximum atomic E-state index is 12.0. The van der Waals surface area contributed by atoms with Crippen LogP contribution >= 0.6 is 0 Å². The van der Waals surface area contributed by atoms with E-state index in [0.717, 1.165) is 13.0 Å². The van der Waals surface area contributed by atoms with Gasteiger partial charge in [0, 0.05) is 6.61 Å². The lowest BCUT2D eigenvalue weighted by Crippen LogP contribution is -2.67. The number of nitrogens with two attached hydrogens (primary N) is 1. The highest BCUT2D eigenvalue weighted by Gasteiger charge is 2.43. The third-order valence-electron chi connectivity index (χ3n) is 4.26. The molecule has 4 atom stereocenters. The van der Waals surface area contributed by atoms with Crippen molar-refractivity contribution in [3.05, 3.63) is 0 Å². The van der Waals surface area contributed by atoms with Crippen molar-refractivity contribution in [2.24, 2.45) is 17.6 Å². The van der Waals surface area contributed by atoms with Crippen molar-refractivity contribution in [2.75, 3.05) is 19.7 Å². The third kappa shape index (κ3) is 6.65. The number of ether oxygens (including phenoxy) is 2. The van der Waals surface area contributed by atoms with E-state index in [1.54, 1.807) is 0 Å². The van der Waals surface area contributed by atoms with E-state index in [4.69, 9.17) is 15.2 Å². The van der Waals surface area contributed by atoms with Gasteiger partial charge in [0.2, 0.25) is 0 Å². The summed E-state index contributed by atoms with van der Waals surface area (Å²) >= 11 is 0. The van der Waals surface area contributed by atoms with Gasteiger partial charge in [-0.25, -0.2) is 4.79 Å². The first-order valence-corrected chi connectivity index (χ1v) is 8.72. The summed E-state index contributed by atoms with van der Waals surface area (Å²) in [6.07, 6.45) is 0.564. The molecule has 0 aromatic carbocycles. The summed E-state index contributed by atoms with van der Waals surface area (Å²) in [5, 5.41) is 6.48. The fourth-order valence-electron chi connectivity index (χ4n) is 2.75. The molecule has 0 heterocycles. The number of alkyl carbamates (subject to hydrolysis) is 1. The molecule has 0 radical (unpaired) electrons. The van der Waals surface area contributed by atoms with Gasteiger partial charge in [0.1, 0.15) is 5.60 Å². The molecule has 0 aromatic rings. The topological polar surface area (TPSA) is 85.6 Å². The van der Waals surface area contributed by atoms with E-state index in [-0.39, 0.29) is 24.3 Å². The number of nitrogens with one attached hydrogen (secondary N) is 2. The van der Waals surface area contributed by atoms with Gasteiger partial charge < -0.3 is 25.8 Å². The van der Waals surface area contributed by atoms with E-state index in [1.165, 1.54) is 0 Å². The van der Waals surface area contributed by atoms with Crippen molar-refractivity contribution in [1.82, 2.24) is 10.6 Å². The highest BCUT2D eigenvalue weighted by molar-refractivity contribution is 5.68. The number of hydrogen-bond donors (Lipinski definition) is 3. The predicted molar refractivity (Wildman–Crippen MR) is 92.4 cm³/mol. The second-order valence-electron chi connectivity index (χ2n) is 7.66. The number of rotatable bonds is 8. The Labute approximate surface area is 140 Å². The first kappa shape index (κ1) is 20.2. The lowest BCUT2D eigenvalue weighted by atomic mass is 9.82. The summed E-state index contributed by atoms with van der Waals surface area (Å²) in [6.45, 7) is 14.1. The summed E-state index contributed by atoms with van der Waals surface area (Å²) in [7, 11) is 0. The van der Waals surface area contributed by atoms with Crippen LogP contribution in [-0.2, 0) is 9.47 Å². The van der Waals surface area contributed by atoms with Gasteiger partial charge in [-0.1, -0.05) is 13.8 Å². The maximum absolute atomic E-state index is 12.0. The number of amides is 1. The highest BCUT2D eigenvalue weighted by Crippen LogP contribution is 2.25. The van der Waals surface area contributed by atoms with Crippen LogP contribution in [0.5, 0.6) is 0 Å². The van der Waals surface area contributed by atoms with Crippen molar-refractivity contribution in [3.8, 4) is 0 Å². The average Bonchev–Trinajstić information content (AvgIpc) is 2.39. The standard InChI is InChI=1S/C17H35N3O3/c1-7-22-14-8-13(20-16(21)23-17(4,5)6)15(14)19-10-12(9-18)11(2)3/h11-15,19H,7-10,18H2,1-6H3,(H,20,21). The molecule has 0 aliphatic heterocycles. The Morgan fingerprint density at radius 2 is 2.00 bits per heavy atom. The molecular weight excluding hydrogens is 294 g/mol. The maximum Gasteiger partial charge on any atom is 0.407 e. The van der Waals surface area contributed by atoms with Crippen molar-refractivity contribution >= 4 is 6.09 Å². The molecule has 1 fully saturated rings. The molecule has 1 amide bonds. The molecule has 1 aliphatic rings. The Kier molecular flexibility index (Phi) is 7.77. The first-order chi connectivity index (χ1) is 10.7. The normalized spacial score (nSPS) is 25.8. The van der Waals surface area contributed by atoms with Crippen molar-refractivity contribution in [1.29, 1.82) is 0 Å². The van der Waals surface area contributed by atoms with Crippen molar-refractivity contribution in [3.63, 3.8) is 0 Å². The Balaban J connectivity index is 2.53. The Morgan fingerprint density at radius 1 is 1.35 bits per heavy atom. The zero-order valence-corrected chi connectivity index (χ0v) is 15.5. The molecule has 6 heteroatoms. The number of hydrogen-bond acceptors (Lipinski definition) is 5. The first-order valence-electron chi connectivity index (χ1n) is 8.72. The van der Waals surface area contributed by atoms with Gasteiger partial charge in [-0.3, -0.25) is 0 Å². The molecule has 0 bridgehead atoms. The minimum atomic E-state index is -0.488. The molecular formula is C17H35N3O3. The van der Waals surface area contributed by atoms with Gasteiger partial charge in [-0.05, 0) is 59.0 Å². The number of carbonyl (C=O) groups is 1. The van der Waals surface area contributed by atoms with Crippen LogP contribution in [0.1, 0.15) is 48.0 Å². The van der Waals surface area contributed by atoms with E-state index in [0.29, 0.717) is 25.0 Å². The molecule has 1 aliphatic carbocycles. The van der Waals surface area contributed by atoms with Crippen LogP contribution < -0.4 is 16.4 Å².